The smallest absolute Gasteiger partial charge is 0.278 e. The van der Waals surface area contributed by atoms with Crippen LogP contribution in [0.15, 0.2) is 76.7 Å². The highest BCUT2D eigenvalue weighted by Crippen LogP contribution is 2.25. The second-order valence-electron chi connectivity index (χ2n) is 8.31. The molecule has 1 aliphatic heterocycles. The summed E-state index contributed by atoms with van der Waals surface area (Å²) in [4.78, 5) is 36.3. The number of piperidine rings is 1. The molecule has 2 aromatic carbocycles. The van der Waals surface area contributed by atoms with E-state index < -0.39 is 0 Å². The summed E-state index contributed by atoms with van der Waals surface area (Å²) in [6, 6.07) is 21.7. The molecule has 0 saturated carbocycles. The quantitative estimate of drug-likeness (QED) is 0.340. The minimum absolute atomic E-state index is 0.111. The van der Waals surface area contributed by atoms with Crippen molar-refractivity contribution in [3.63, 3.8) is 0 Å². The molecule has 0 spiro atoms. The van der Waals surface area contributed by atoms with E-state index in [-0.39, 0.29) is 17.2 Å². The van der Waals surface area contributed by atoms with Crippen molar-refractivity contribution in [2.24, 2.45) is 0 Å². The Kier molecular flexibility index (Phi) is 6.30. The van der Waals surface area contributed by atoms with Crippen molar-refractivity contribution in [3.05, 3.63) is 82.6 Å². The number of aromatic amines is 1. The van der Waals surface area contributed by atoms with Gasteiger partial charge in [0, 0.05) is 18.8 Å². The second kappa shape index (κ2) is 9.67. The number of hydrogen-bond donors (Lipinski definition) is 1. The third-order valence-corrected chi connectivity index (χ3v) is 6.97. The molecule has 0 radical (unpaired) electrons. The number of carbonyl (C=O) groups excluding carboxylic acids is 1. The van der Waals surface area contributed by atoms with Gasteiger partial charge in [0.25, 0.3) is 5.56 Å². The van der Waals surface area contributed by atoms with Gasteiger partial charge in [-0.1, -0.05) is 72.4 Å². The second-order valence-corrected chi connectivity index (χ2v) is 9.25. The SMILES string of the molecule is O=C(CSc1nc2cc(-c3ccccc3)[nH]c2c(=O)n1Cc1ccccc1)N1CCCCC1. The summed E-state index contributed by atoms with van der Waals surface area (Å²) in [6.07, 6.45) is 3.30. The van der Waals surface area contributed by atoms with Crippen LogP contribution in [0.3, 0.4) is 0 Å². The van der Waals surface area contributed by atoms with Crippen LogP contribution in [0.1, 0.15) is 24.8 Å². The standard InChI is InChI=1S/C26H26N4O2S/c31-23(29-14-8-3-9-15-29)18-33-26-28-22-16-21(20-12-6-2-7-13-20)27-24(22)25(32)30(26)17-19-10-4-1-5-11-19/h1-2,4-7,10-13,16,27H,3,8-9,14-15,17-18H2. The van der Waals surface area contributed by atoms with Gasteiger partial charge >= 0.3 is 0 Å². The van der Waals surface area contributed by atoms with Gasteiger partial charge < -0.3 is 9.88 Å². The fourth-order valence-electron chi connectivity index (χ4n) is 4.23. The fraction of sp³-hybridized carbons (Fsp3) is 0.269. The average Bonchev–Trinajstić information content (AvgIpc) is 3.31. The zero-order valence-corrected chi connectivity index (χ0v) is 19.2. The van der Waals surface area contributed by atoms with Gasteiger partial charge in [-0.15, -0.1) is 0 Å². The normalized spacial score (nSPS) is 14.0. The maximum Gasteiger partial charge on any atom is 0.278 e. The van der Waals surface area contributed by atoms with E-state index >= 15 is 0 Å². The van der Waals surface area contributed by atoms with E-state index in [1.165, 1.54) is 18.2 Å². The van der Waals surface area contributed by atoms with Crippen LogP contribution in [0.25, 0.3) is 22.3 Å². The fourth-order valence-corrected chi connectivity index (χ4v) is 5.13. The van der Waals surface area contributed by atoms with E-state index in [2.05, 4.69) is 4.98 Å². The van der Waals surface area contributed by atoms with Gasteiger partial charge in [-0.2, -0.15) is 0 Å². The van der Waals surface area contributed by atoms with Crippen molar-refractivity contribution in [2.45, 2.75) is 31.0 Å². The van der Waals surface area contributed by atoms with Crippen molar-refractivity contribution in [1.82, 2.24) is 19.4 Å². The summed E-state index contributed by atoms with van der Waals surface area (Å²) < 4.78 is 1.68. The molecule has 3 heterocycles. The molecule has 1 N–H and O–H groups in total. The van der Waals surface area contributed by atoms with Crippen molar-refractivity contribution >= 4 is 28.7 Å². The van der Waals surface area contributed by atoms with Crippen molar-refractivity contribution in [1.29, 1.82) is 0 Å². The number of benzene rings is 2. The predicted molar refractivity (Wildman–Crippen MR) is 132 cm³/mol. The average molecular weight is 459 g/mol. The Morgan fingerprint density at radius 1 is 0.970 bits per heavy atom. The highest BCUT2D eigenvalue weighted by molar-refractivity contribution is 7.99. The Hall–Kier alpha value is -3.32. The van der Waals surface area contributed by atoms with E-state index in [0.29, 0.717) is 22.7 Å². The summed E-state index contributed by atoms with van der Waals surface area (Å²) in [5.74, 6) is 0.391. The van der Waals surface area contributed by atoms with E-state index in [1.807, 2.05) is 71.6 Å². The summed E-state index contributed by atoms with van der Waals surface area (Å²) in [6.45, 7) is 2.05. The molecule has 0 atom stereocenters. The molecule has 1 saturated heterocycles. The molecule has 0 aliphatic carbocycles. The third kappa shape index (κ3) is 4.73. The van der Waals surface area contributed by atoms with Gasteiger partial charge in [-0.05, 0) is 36.5 Å². The first-order chi connectivity index (χ1) is 16.2. The number of H-pyrrole nitrogens is 1. The molecule has 1 fully saturated rings. The molecular formula is C26H26N4O2S. The van der Waals surface area contributed by atoms with Crippen LogP contribution in [-0.2, 0) is 11.3 Å². The van der Waals surface area contributed by atoms with Crippen molar-refractivity contribution in [3.8, 4) is 11.3 Å². The summed E-state index contributed by atoms with van der Waals surface area (Å²) in [7, 11) is 0. The lowest BCUT2D eigenvalue weighted by Gasteiger charge is -2.26. The largest absolute Gasteiger partial charge is 0.349 e. The third-order valence-electron chi connectivity index (χ3n) is 6.00. The zero-order chi connectivity index (χ0) is 22.6. The first-order valence-electron chi connectivity index (χ1n) is 11.3. The van der Waals surface area contributed by atoms with Crippen LogP contribution in [0, 0.1) is 0 Å². The highest BCUT2D eigenvalue weighted by atomic mass is 32.2. The monoisotopic (exact) mass is 458 g/mol. The van der Waals surface area contributed by atoms with Crippen LogP contribution in [-0.4, -0.2) is 44.2 Å². The van der Waals surface area contributed by atoms with E-state index in [4.69, 9.17) is 4.98 Å². The summed E-state index contributed by atoms with van der Waals surface area (Å²) in [5.41, 5.74) is 3.85. The molecule has 5 rings (SSSR count). The zero-order valence-electron chi connectivity index (χ0n) is 18.4. The van der Waals surface area contributed by atoms with E-state index in [9.17, 15) is 9.59 Å². The number of thioether (sulfide) groups is 1. The molecule has 7 heteroatoms. The lowest BCUT2D eigenvalue weighted by Crippen LogP contribution is -2.37. The molecule has 2 aromatic heterocycles. The number of aromatic nitrogens is 3. The molecule has 0 unspecified atom stereocenters. The molecule has 1 amide bonds. The van der Waals surface area contributed by atoms with E-state index in [0.717, 1.165) is 42.8 Å². The van der Waals surface area contributed by atoms with Crippen LogP contribution in [0.2, 0.25) is 0 Å². The number of nitrogens with zero attached hydrogens (tertiary/aromatic N) is 3. The van der Waals surface area contributed by atoms with Gasteiger partial charge in [0.2, 0.25) is 5.91 Å². The maximum atomic E-state index is 13.5. The number of amides is 1. The van der Waals surface area contributed by atoms with Gasteiger partial charge in [-0.3, -0.25) is 14.2 Å². The Morgan fingerprint density at radius 2 is 1.67 bits per heavy atom. The summed E-state index contributed by atoms with van der Waals surface area (Å²) >= 11 is 1.35. The summed E-state index contributed by atoms with van der Waals surface area (Å²) in [5, 5.41) is 0.570. The van der Waals surface area contributed by atoms with E-state index in [1.54, 1.807) is 4.57 Å². The minimum atomic E-state index is -0.126. The Morgan fingerprint density at radius 3 is 2.39 bits per heavy atom. The van der Waals surface area contributed by atoms with Gasteiger partial charge in [0.05, 0.1) is 17.8 Å². The molecule has 6 nitrogen and oxygen atoms in total. The molecule has 0 bridgehead atoms. The minimum Gasteiger partial charge on any atom is -0.349 e. The number of hydrogen-bond acceptors (Lipinski definition) is 4. The number of rotatable bonds is 6. The predicted octanol–water partition coefficient (Wildman–Crippen LogP) is 4.54. The van der Waals surface area contributed by atoms with Gasteiger partial charge in [0.15, 0.2) is 5.16 Å². The van der Waals surface area contributed by atoms with Crippen molar-refractivity contribution in [2.75, 3.05) is 18.8 Å². The Bertz CT molecular complexity index is 1310. The molecular weight excluding hydrogens is 432 g/mol. The van der Waals surface area contributed by atoms with Crippen molar-refractivity contribution < 1.29 is 4.79 Å². The maximum absolute atomic E-state index is 13.5. The number of likely N-dealkylation sites (tertiary alicyclic amines) is 1. The van der Waals surface area contributed by atoms with Crippen LogP contribution in [0.4, 0.5) is 0 Å². The van der Waals surface area contributed by atoms with Gasteiger partial charge in [-0.25, -0.2) is 4.98 Å². The van der Waals surface area contributed by atoms with Crippen LogP contribution < -0.4 is 5.56 Å². The number of carbonyl (C=O) groups is 1. The topological polar surface area (TPSA) is 71.0 Å². The lowest BCUT2D eigenvalue weighted by molar-refractivity contribution is -0.129. The lowest BCUT2D eigenvalue weighted by atomic mass is 10.1. The van der Waals surface area contributed by atoms with Crippen LogP contribution in [0.5, 0.6) is 0 Å². The number of fused-ring (bicyclic) bond motifs is 1. The molecule has 168 valence electrons. The highest BCUT2D eigenvalue weighted by Gasteiger charge is 2.20. The molecule has 1 aliphatic rings. The van der Waals surface area contributed by atoms with Gasteiger partial charge in [0.1, 0.15) is 5.52 Å². The molecule has 33 heavy (non-hydrogen) atoms. The van der Waals surface area contributed by atoms with Crippen LogP contribution >= 0.6 is 11.8 Å². The molecule has 4 aromatic rings. The number of nitrogens with one attached hydrogen (secondary N) is 1. The first-order valence-corrected chi connectivity index (χ1v) is 12.3. The Labute approximate surface area is 196 Å². The first kappa shape index (κ1) is 21.5. The Balaban J connectivity index is 1.51.